The van der Waals surface area contributed by atoms with Gasteiger partial charge < -0.3 is 9.84 Å². The third kappa shape index (κ3) is 3.28. The second-order valence-corrected chi connectivity index (χ2v) is 4.10. The second kappa shape index (κ2) is 5.48. The standard InChI is InChI=1S/C14H12FNO3/c1-9-2-3-12(14(17)18)13(4-9)19-8-10-5-11(15)7-16-6-10/h2-7H,8H2,1H3,(H,17,18). The van der Waals surface area contributed by atoms with Crippen LogP contribution in [0.3, 0.4) is 0 Å². The lowest BCUT2D eigenvalue weighted by Crippen LogP contribution is -2.04. The van der Waals surface area contributed by atoms with Gasteiger partial charge in [-0.15, -0.1) is 0 Å². The fourth-order valence-electron chi connectivity index (χ4n) is 1.62. The lowest BCUT2D eigenvalue weighted by atomic mass is 10.1. The van der Waals surface area contributed by atoms with Crippen molar-refractivity contribution in [3.8, 4) is 5.75 Å². The highest BCUT2D eigenvalue weighted by Gasteiger charge is 2.11. The van der Waals surface area contributed by atoms with E-state index < -0.39 is 11.8 Å². The number of hydrogen-bond donors (Lipinski definition) is 1. The van der Waals surface area contributed by atoms with Gasteiger partial charge in [-0.2, -0.15) is 0 Å². The Morgan fingerprint density at radius 2 is 2.16 bits per heavy atom. The topological polar surface area (TPSA) is 59.4 Å². The van der Waals surface area contributed by atoms with Crippen molar-refractivity contribution in [3.63, 3.8) is 0 Å². The van der Waals surface area contributed by atoms with Crippen LogP contribution in [0.5, 0.6) is 5.75 Å². The molecule has 0 spiro atoms. The van der Waals surface area contributed by atoms with Crippen molar-refractivity contribution in [1.29, 1.82) is 0 Å². The quantitative estimate of drug-likeness (QED) is 0.919. The minimum atomic E-state index is -1.06. The molecule has 0 saturated heterocycles. The van der Waals surface area contributed by atoms with Crippen LogP contribution in [0, 0.1) is 12.7 Å². The van der Waals surface area contributed by atoms with Crippen LogP contribution in [0.15, 0.2) is 36.7 Å². The molecular weight excluding hydrogens is 249 g/mol. The first-order chi connectivity index (χ1) is 9.06. The molecule has 98 valence electrons. The third-order valence-electron chi connectivity index (χ3n) is 2.52. The molecule has 0 aliphatic rings. The highest BCUT2D eigenvalue weighted by molar-refractivity contribution is 5.90. The van der Waals surface area contributed by atoms with Crippen molar-refractivity contribution in [2.75, 3.05) is 0 Å². The number of hydrogen-bond acceptors (Lipinski definition) is 3. The van der Waals surface area contributed by atoms with Gasteiger partial charge in [0.05, 0.1) is 6.20 Å². The first-order valence-corrected chi connectivity index (χ1v) is 5.62. The van der Waals surface area contributed by atoms with Gasteiger partial charge in [0.1, 0.15) is 23.7 Å². The van der Waals surface area contributed by atoms with E-state index in [0.717, 1.165) is 11.8 Å². The molecule has 0 amide bonds. The number of carboxylic acids is 1. The van der Waals surface area contributed by atoms with Gasteiger partial charge in [0.2, 0.25) is 0 Å². The lowest BCUT2D eigenvalue weighted by Gasteiger charge is -2.10. The van der Waals surface area contributed by atoms with Crippen molar-refractivity contribution in [2.24, 2.45) is 0 Å². The van der Waals surface area contributed by atoms with Crippen LogP contribution < -0.4 is 4.74 Å². The van der Waals surface area contributed by atoms with Crippen LogP contribution in [0.4, 0.5) is 4.39 Å². The molecule has 2 aromatic rings. The van der Waals surface area contributed by atoms with E-state index in [4.69, 9.17) is 9.84 Å². The molecule has 0 saturated carbocycles. The SMILES string of the molecule is Cc1ccc(C(=O)O)c(OCc2cncc(F)c2)c1. The highest BCUT2D eigenvalue weighted by Crippen LogP contribution is 2.21. The van der Waals surface area contributed by atoms with Gasteiger partial charge >= 0.3 is 5.97 Å². The highest BCUT2D eigenvalue weighted by atomic mass is 19.1. The van der Waals surface area contributed by atoms with E-state index in [1.54, 1.807) is 12.1 Å². The summed E-state index contributed by atoms with van der Waals surface area (Å²) in [5.74, 6) is -1.26. The molecule has 1 N–H and O–H groups in total. The average molecular weight is 261 g/mol. The Morgan fingerprint density at radius 1 is 1.37 bits per heavy atom. The number of aryl methyl sites for hydroxylation is 1. The average Bonchev–Trinajstić information content (AvgIpc) is 2.36. The molecule has 0 radical (unpaired) electrons. The van der Waals surface area contributed by atoms with Gasteiger partial charge in [0, 0.05) is 11.8 Å². The number of benzene rings is 1. The minimum absolute atomic E-state index is 0.0640. The van der Waals surface area contributed by atoms with Gasteiger partial charge in [-0.1, -0.05) is 6.07 Å². The van der Waals surface area contributed by atoms with Crippen molar-refractivity contribution < 1.29 is 19.0 Å². The van der Waals surface area contributed by atoms with Crippen LogP contribution in [-0.2, 0) is 6.61 Å². The monoisotopic (exact) mass is 261 g/mol. The van der Waals surface area contributed by atoms with Gasteiger partial charge in [-0.25, -0.2) is 9.18 Å². The normalized spacial score (nSPS) is 10.2. The third-order valence-corrected chi connectivity index (χ3v) is 2.52. The number of carboxylic acid groups (broad SMARTS) is 1. The molecule has 0 bridgehead atoms. The Morgan fingerprint density at radius 3 is 2.84 bits per heavy atom. The van der Waals surface area contributed by atoms with Crippen molar-refractivity contribution in [2.45, 2.75) is 13.5 Å². The zero-order valence-electron chi connectivity index (χ0n) is 10.3. The van der Waals surface area contributed by atoms with Crippen LogP contribution in [0.25, 0.3) is 0 Å². The van der Waals surface area contributed by atoms with Crippen LogP contribution in [-0.4, -0.2) is 16.1 Å². The molecule has 0 aliphatic carbocycles. The van der Waals surface area contributed by atoms with Crippen LogP contribution >= 0.6 is 0 Å². The molecule has 1 heterocycles. The lowest BCUT2D eigenvalue weighted by molar-refractivity contribution is 0.0691. The number of carbonyl (C=O) groups is 1. The van der Waals surface area contributed by atoms with E-state index in [1.165, 1.54) is 18.3 Å². The Balaban J connectivity index is 2.19. The first-order valence-electron chi connectivity index (χ1n) is 5.62. The van der Waals surface area contributed by atoms with Crippen molar-refractivity contribution >= 4 is 5.97 Å². The van der Waals surface area contributed by atoms with Gasteiger partial charge in [-0.05, 0) is 30.7 Å². The molecule has 1 aromatic heterocycles. The van der Waals surface area contributed by atoms with E-state index in [9.17, 15) is 9.18 Å². The number of nitrogens with zero attached hydrogens (tertiary/aromatic N) is 1. The summed E-state index contributed by atoms with van der Waals surface area (Å²) in [4.78, 5) is 14.7. The predicted octanol–water partition coefficient (Wildman–Crippen LogP) is 2.81. The van der Waals surface area contributed by atoms with Crippen molar-refractivity contribution in [3.05, 3.63) is 59.2 Å². The Kier molecular flexibility index (Phi) is 3.75. The molecule has 19 heavy (non-hydrogen) atoms. The first kappa shape index (κ1) is 13.0. The van der Waals surface area contributed by atoms with E-state index in [1.807, 2.05) is 6.92 Å². The molecule has 0 aliphatic heterocycles. The maximum atomic E-state index is 13.0. The van der Waals surface area contributed by atoms with Gasteiger partial charge in [0.25, 0.3) is 0 Å². The van der Waals surface area contributed by atoms with Crippen LogP contribution in [0.1, 0.15) is 21.5 Å². The minimum Gasteiger partial charge on any atom is -0.488 e. The summed E-state index contributed by atoms with van der Waals surface area (Å²) >= 11 is 0. The summed E-state index contributed by atoms with van der Waals surface area (Å²) in [5, 5.41) is 9.05. The Labute approximate surface area is 109 Å². The van der Waals surface area contributed by atoms with Crippen LogP contribution in [0.2, 0.25) is 0 Å². The molecule has 0 atom stereocenters. The summed E-state index contributed by atoms with van der Waals surface area (Å²) in [6.45, 7) is 1.90. The summed E-state index contributed by atoms with van der Waals surface area (Å²) in [6, 6.07) is 6.11. The van der Waals surface area contributed by atoms with E-state index in [0.29, 0.717) is 5.56 Å². The molecule has 0 fully saturated rings. The molecule has 4 nitrogen and oxygen atoms in total. The van der Waals surface area contributed by atoms with E-state index in [2.05, 4.69) is 4.98 Å². The van der Waals surface area contributed by atoms with Gasteiger partial charge in [0.15, 0.2) is 0 Å². The fraction of sp³-hybridized carbons (Fsp3) is 0.143. The largest absolute Gasteiger partial charge is 0.488 e. The van der Waals surface area contributed by atoms with E-state index in [-0.39, 0.29) is 17.9 Å². The number of pyridine rings is 1. The molecule has 1 aromatic carbocycles. The maximum Gasteiger partial charge on any atom is 0.339 e. The summed E-state index contributed by atoms with van der Waals surface area (Å²) < 4.78 is 18.4. The summed E-state index contributed by atoms with van der Waals surface area (Å²) in [7, 11) is 0. The molecule has 2 rings (SSSR count). The summed E-state index contributed by atoms with van der Waals surface area (Å²) in [6.07, 6.45) is 2.57. The molecule has 5 heteroatoms. The molecule has 0 unspecified atom stereocenters. The van der Waals surface area contributed by atoms with Gasteiger partial charge in [-0.3, -0.25) is 4.98 Å². The second-order valence-electron chi connectivity index (χ2n) is 4.10. The number of aromatic nitrogens is 1. The predicted molar refractivity (Wildman–Crippen MR) is 66.7 cm³/mol. The smallest absolute Gasteiger partial charge is 0.339 e. The Hall–Kier alpha value is -2.43. The number of aromatic carboxylic acids is 1. The maximum absolute atomic E-state index is 13.0. The zero-order chi connectivity index (χ0) is 13.8. The fourth-order valence-corrected chi connectivity index (χ4v) is 1.62. The number of halogens is 1. The number of ether oxygens (including phenoxy) is 1. The molecular formula is C14H12FNO3. The van der Waals surface area contributed by atoms with E-state index >= 15 is 0 Å². The zero-order valence-corrected chi connectivity index (χ0v) is 10.3. The van der Waals surface area contributed by atoms with Crippen molar-refractivity contribution in [1.82, 2.24) is 4.98 Å². The summed E-state index contributed by atoms with van der Waals surface area (Å²) in [5.41, 5.74) is 1.50. The number of rotatable bonds is 4. The Bertz CT molecular complexity index is 613.